The van der Waals surface area contributed by atoms with Gasteiger partial charge in [0.25, 0.3) is 0 Å². The normalized spacial score (nSPS) is 21.7. The first-order valence-electron chi connectivity index (χ1n) is 11.6. The quantitative estimate of drug-likeness (QED) is 0.173. The van der Waals surface area contributed by atoms with Crippen LogP contribution in [0.1, 0.15) is 38.5 Å². The molecule has 0 aromatic carbocycles. The van der Waals surface area contributed by atoms with E-state index < -0.39 is 0 Å². The van der Waals surface area contributed by atoms with Crippen LogP contribution in [0.25, 0.3) is 0 Å². The van der Waals surface area contributed by atoms with E-state index >= 15 is 0 Å². The van der Waals surface area contributed by atoms with Crippen LogP contribution in [0.15, 0.2) is 0 Å². The summed E-state index contributed by atoms with van der Waals surface area (Å²) in [4.78, 5) is 37.2. The minimum absolute atomic E-state index is 0.0223. The first-order chi connectivity index (χ1) is 15.5. The lowest BCUT2D eigenvalue weighted by Crippen LogP contribution is -2.38. The van der Waals surface area contributed by atoms with Crippen molar-refractivity contribution in [2.24, 2.45) is 5.73 Å². The van der Waals surface area contributed by atoms with Gasteiger partial charge in [-0.1, -0.05) is 6.42 Å². The van der Waals surface area contributed by atoms with Crippen molar-refractivity contribution in [2.45, 2.75) is 55.9 Å². The molecule has 2 aliphatic heterocycles. The summed E-state index contributed by atoms with van der Waals surface area (Å²) in [6.07, 6.45) is 4.69. The Morgan fingerprint density at radius 2 is 1.88 bits per heavy atom. The van der Waals surface area contributed by atoms with Crippen molar-refractivity contribution < 1.29 is 23.9 Å². The molecule has 3 atom stereocenters. The van der Waals surface area contributed by atoms with E-state index in [4.69, 9.17) is 15.2 Å². The Morgan fingerprint density at radius 1 is 1.12 bits per heavy atom. The van der Waals surface area contributed by atoms with E-state index in [2.05, 4.69) is 16.0 Å². The topological polar surface area (TPSA) is 135 Å². The Balaban J connectivity index is 1.43. The fourth-order valence-corrected chi connectivity index (χ4v) is 5.27. The van der Waals surface area contributed by atoms with Crippen molar-refractivity contribution in [3.05, 3.63) is 0 Å². The van der Waals surface area contributed by atoms with Crippen molar-refractivity contribution in [3.8, 4) is 0 Å². The summed E-state index contributed by atoms with van der Waals surface area (Å²) in [5.74, 6) is 0.760. The third-order valence-electron chi connectivity index (χ3n) is 5.53. The number of nitrogens with one attached hydrogen (secondary N) is 3. The van der Waals surface area contributed by atoms with E-state index in [1.54, 1.807) is 7.05 Å². The maximum absolute atomic E-state index is 12.3. The number of ether oxygens (including phenoxy) is 2. The average molecular weight is 474 g/mol. The smallest absolute Gasteiger partial charge is 0.315 e. The highest BCUT2D eigenvalue weighted by atomic mass is 32.2. The number of likely N-dealkylation sites (N-methyl/N-ethyl adjacent to an activating group) is 1. The van der Waals surface area contributed by atoms with Crippen LogP contribution in [-0.4, -0.2) is 98.9 Å². The maximum atomic E-state index is 12.3. The Hall–Kier alpha value is -1.56. The number of nitrogens with zero attached hydrogens (tertiary/aromatic N) is 1. The molecular weight excluding hydrogens is 434 g/mol. The number of carbonyl (C=O) groups is 3. The Labute approximate surface area is 195 Å². The lowest BCUT2D eigenvalue weighted by molar-refractivity contribution is -0.134. The van der Waals surface area contributed by atoms with Gasteiger partial charge < -0.3 is 36.1 Å². The second kappa shape index (κ2) is 15.3. The van der Waals surface area contributed by atoms with Crippen LogP contribution < -0.4 is 21.7 Å². The highest BCUT2D eigenvalue weighted by Crippen LogP contribution is 2.33. The highest BCUT2D eigenvalue weighted by Gasteiger charge is 2.42. The van der Waals surface area contributed by atoms with Crippen molar-refractivity contribution in [1.29, 1.82) is 0 Å². The van der Waals surface area contributed by atoms with Gasteiger partial charge in [-0.05, 0) is 32.2 Å². The van der Waals surface area contributed by atoms with Crippen molar-refractivity contribution in [3.63, 3.8) is 0 Å². The zero-order chi connectivity index (χ0) is 23.2. The summed E-state index contributed by atoms with van der Waals surface area (Å²) in [6.45, 7) is 3.49. The van der Waals surface area contributed by atoms with E-state index in [1.165, 1.54) is 4.90 Å². The third-order valence-corrected chi connectivity index (χ3v) is 7.04. The number of unbranched alkanes of at least 4 members (excludes halogenated alkanes) is 1. The van der Waals surface area contributed by atoms with Gasteiger partial charge in [-0.3, -0.25) is 9.59 Å². The molecule has 0 bridgehead atoms. The molecule has 0 aliphatic carbocycles. The molecule has 10 nitrogen and oxygen atoms in total. The molecule has 0 aromatic heterocycles. The third kappa shape index (κ3) is 9.93. The summed E-state index contributed by atoms with van der Waals surface area (Å²) >= 11 is 1.88. The van der Waals surface area contributed by atoms with Gasteiger partial charge in [0.1, 0.15) is 0 Å². The first kappa shape index (κ1) is 26.7. The zero-order valence-corrected chi connectivity index (χ0v) is 19.9. The minimum atomic E-state index is -0.163. The number of urea groups is 1. The number of hydrogen-bond donors (Lipinski definition) is 4. The van der Waals surface area contributed by atoms with Crippen molar-refractivity contribution >= 4 is 29.6 Å². The number of fused-ring (bicyclic) bond motifs is 1. The number of carbonyl (C=O) groups excluding carboxylic acids is 3. The monoisotopic (exact) mass is 473 g/mol. The SMILES string of the molecule is CN(CC(=O)NCCCOCCOCCCN)C(=O)CCCCC1SCC2NC(=O)NC21. The van der Waals surface area contributed by atoms with E-state index in [9.17, 15) is 14.4 Å². The Kier molecular flexibility index (Phi) is 12.8. The van der Waals surface area contributed by atoms with Crippen molar-refractivity contribution in [2.75, 3.05) is 58.9 Å². The van der Waals surface area contributed by atoms with Gasteiger partial charge in [-0.15, -0.1) is 0 Å². The fraction of sp³-hybridized carbons (Fsp3) is 0.857. The zero-order valence-electron chi connectivity index (χ0n) is 19.1. The lowest BCUT2D eigenvalue weighted by Gasteiger charge is -2.18. The lowest BCUT2D eigenvalue weighted by atomic mass is 10.0. The molecule has 0 spiro atoms. The van der Waals surface area contributed by atoms with E-state index in [0.717, 1.165) is 31.4 Å². The molecule has 11 heteroatoms. The molecular formula is C21H39N5O5S. The number of hydrogen-bond acceptors (Lipinski definition) is 7. The summed E-state index contributed by atoms with van der Waals surface area (Å²) in [5, 5.41) is 9.15. The summed E-state index contributed by atoms with van der Waals surface area (Å²) < 4.78 is 10.8. The predicted octanol–water partition coefficient (Wildman–Crippen LogP) is 0.0589. The van der Waals surface area contributed by atoms with E-state index in [1.807, 2.05) is 11.8 Å². The van der Waals surface area contributed by atoms with Crippen LogP contribution in [-0.2, 0) is 19.1 Å². The molecule has 0 saturated carbocycles. The molecule has 32 heavy (non-hydrogen) atoms. The summed E-state index contributed by atoms with van der Waals surface area (Å²) in [7, 11) is 1.66. The predicted molar refractivity (Wildman–Crippen MR) is 125 cm³/mol. The van der Waals surface area contributed by atoms with Gasteiger partial charge >= 0.3 is 6.03 Å². The second-order valence-electron chi connectivity index (χ2n) is 8.19. The molecule has 2 heterocycles. The van der Waals surface area contributed by atoms with Crippen LogP contribution in [0.5, 0.6) is 0 Å². The molecule has 4 amide bonds. The van der Waals surface area contributed by atoms with Crippen LogP contribution in [0.2, 0.25) is 0 Å². The average Bonchev–Trinajstić information content (AvgIpc) is 3.31. The van der Waals surface area contributed by atoms with Crippen molar-refractivity contribution in [1.82, 2.24) is 20.9 Å². The van der Waals surface area contributed by atoms with Crippen LogP contribution >= 0.6 is 11.8 Å². The highest BCUT2D eigenvalue weighted by molar-refractivity contribution is 8.00. The number of nitrogens with two attached hydrogens (primary N) is 1. The van der Waals surface area contributed by atoms with Gasteiger partial charge in [-0.2, -0.15) is 11.8 Å². The molecule has 5 N–H and O–H groups in total. The summed E-state index contributed by atoms with van der Waals surface area (Å²) in [5.41, 5.74) is 5.38. The maximum Gasteiger partial charge on any atom is 0.315 e. The minimum Gasteiger partial charge on any atom is -0.379 e. The number of amides is 4. The molecule has 0 radical (unpaired) electrons. The standard InChI is InChI=1S/C21H39N5O5S/c1-26(14-18(27)23-9-5-11-31-13-12-30-10-4-8-22)19(28)7-3-2-6-17-20-16(15-32-17)24-21(29)25-20/h16-17,20H,2-15,22H2,1H3,(H,23,27)(H2,24,25,29). The van der Waals surface area contributed by atoms with Gasteiger partial charge in [0.05, 0.1) is 31.8 Å². The summed E-state index contributed by atoms with van der Waals surface area (Å²) in [6, 6.07) is 0.363. The van der Waals surface area contributed by atoms with E-state index in [0.29, 0.717) is 57.6 Å². The van der Waals surface area contributed by atoms with Gasteiger partial charge in [0.15, 0.2) is 0 Å². The molecule has 2 saturated heterocycles. The van der Waals surface area contributed by atoms with Gasteiger partial charge in [0.2, 0.25) is 11.8 Å². The molecule has 3 unspecified atom stereocenters. The molecule has 184 valence electrons. The van der Waals surface area contributed by atoms with Gasteiger partial charge in [-0.25, -0.2) is 4.79 Å². The Bertz CT molecular complexity index is 597. The number of thioether (sulfide) groups is 1. The largest absolute Gasteiger partial charge is 0.379 e. The van der Waals surface area contributed by atoms with E-state index in [-0.39, 0.29) is 36.5 Å². The Morgan fingerprint density at radius 3 is 2.62 bits per heavy atom. The molecule has 2 fully saturated rings. The molecule has 2 rings (SSSR count). The first-order valence-corrected chi connectivity index (χ1v) is 12.6. The fourth-order valence-electron chi connectivity index (χ4n) is 3.72. The molecule has 0 aromatic rings. The van der Waals surface area contributed by atoms with Crippen LogP contribution in [0.3, 0.4) is 0 Å². The van der Waals surface area contributed by atoms with Crippen LogP contribution in [0.4, 0.5) is 4.79 Å². The number of rotatable bonds is 17. The van der Waals surface area contributed by atoms with Crippen LogP contribution in [0, 0.1) is 0 Å². The second-order valence-corrected chi connectivity index (χ2v) is 9.46. The van der Waals surface area contributed by atoms with Gasteiger partial charge in [0, 0.05) is 44.2 Å². The molecule has 2 aliphatic rings.